The number of carbonyl (C=O) groups excluding carboxylic acids is 1. The van der Waals surface area contributed by atoms with Crippen LogP contribution in [0.3, 0.4) is 0 Å². The Morgan fingerprint density at radius 2 is 1.91 bits per heavy atom. The Kier molecular flexibility index (Phi) is 5.97. The van der Waals surface area contributed by atoms with Crippen LogP contribution in [0.4, 0.5) is 4.79 Å². The van der Waals surface area contributed by atoms with Crippen molar-refractivity contribution in [2.75, 3.05) is 6.54 Å². The lowest BCUT2D eigenvalue weighted by Crippen LogP contribution is -2.39. The maximum Gasteiger partial charge on any atom is 0.315 e. The summed E-state index contributed by atoms with van der Waals surface area (Å²) in [5.41, 5.74) is 1.13. The number of benzene rings is 1. The number of amides is 2. The first-order chi connectivity index (χ1) is 10.6. The molecular formula is C16H18N2O3S. The molecule has 0 spiro atoms. The second-order valence-electron chi connectivity index (χ2n) is 4.80. The lowest BCUT2D eigenvalue weighted by molar-refractivity contribution is -0.136. The highest BCUT2D eigenvalue weighted by atomic mass is 32.1. The predicted octanol–water partition coefficient (Wildman–Crippen LogP) is 2.81. The smallest absolute Gasteiger partial charge is 0.315 e. The SMILES string of the molecule is O=C(O)CCNC(=O)NC(Cc1ccccc1)c1cccs1. The fraction of sp³-hybridized carbons (Fsp3) is 0.250. The normalized spacial score (nSPS) is 11.6. The molecule has 1 aromatic heterocycles. The van der Waals surface area contributed by atoms with Crippen LogP contribution in [0.25, 0.3) is 0 Å². The fourth-order valence-electron chi connectivity index (χ4n) is 2.05. The molecule has 1 aromatic carbocycles. The van der Waals surface area contributed by atoms with Crippen LogP contribution in [-0.4, -0.2) is 23.7 Å². The fourth-order valence-corrected chi connectivity index (χ4v) is 2.83. The standard InChI is InChI=1S/C16H18N2O3S/c19-15(20)8-9-17-16(21)18-13(14-7-4-10-22-14)11-12-5-2-1-3-6-12/h1-7,10,13H,8-9,11H2,(H,19,20)(H2,17,18,21). The van der Waals surface area contributed by atoms with E-state index in [-0.39, 0.29) is 25.0 Å². The molecule has 116 valence electrons. The van der Waals surface area contributed by atoms with Crippen molar-refractivity contribution in [3.63, 3.8) is 0 Å². The summed E-state index contributed by atoms with van der Waals surface area (Å²) < 4.78 is 0. The molecule has 2 aromatic rings. The molecule has 1 unspecified atom stereocenters. The molecule has 0 aliphatic rings. The summed E-state index contributed by atoms with van der Waals surface area (Å²) in [4.78, 5) is 23.4. The van der Waals surface area contributed by atoms with Crippen molar-refractivity contribution < 1.29 is 14.7 Å². The maximum atomic E-state index is 11.9. The molecule has 1 atom stereocenters. The number of aliphatic carboxylic acids is 1. The molecule has 6 heteroatoms. The highest BCUT2D eigenvalue weighted by Crippen LogP contribution is 2.22. The van der Waals surface area contributed by atoms with E-state index in [2.05, 4.69) is 10.6 Å². The zero-order valence-electron chi connectivity index (χ0n) is 12.0. The highest BCUT2D eigenvalue weighted by Gasteiger charge is 2.16. The lowest BCUT2D eigenvalue weighted by atomic mass is 10.0. The second kappa shape index (κ2) is 8.19. The molecular weight excluding hydrogens is 300 g/mol. The van der Waals surface area contributed by atoms with E-state index >= 15 is 0 Å². The summed E-state index contributed by atoms with van der Waals surface area (Å²) in [6.07, 6.45) is 0.601. The molecule has 0 radical (unpaired) electrons. The molecule has 22 heavy (non-hydrogen) atoms. The van der Waals surface area contributed by atoms with E-state index in [0.29, 0.717) is 6.42 Å². The van der Waals surface area contributed by atoms with Crippen molar-refractivity contribution in [3.05, 3.63) is 58.3 Å². The summed E-state index contributed by atoms with van der Waals surface area (Å²) in [5.74, 6) is -0.931. The van der Waals surface area contributed by atoms with Gasteiger partial charge in [0.05, 0.1) is 12.5 Å². The van der Waals surface area contributed by atoms with Crippen molar-refractivity contribution in [1.82, 2.24) is 10.6 Å². The topological polar surface area (TPSA) is 78.4 Å². The van der Waals surface area contributed by atoms with Crippen LogP contribution in [-0.2, 0) is 11.2 Å². The molecule has 0 saturated carbocycles. The number of hydrogen-bond acceptors (Lipinski definition) is 3. The third kappa shape index (κ3) is 5.21. The quantitative estimate of drug-likeness (QED) is 0.734. The Labute approximate surface area is 133 Å². The van der Waals surface area contributed by atoms with E-state index < -0.39 is 5.97 Å². The number of carboxylic acid groups (broad SMARTS) is 1. The van der Waals surface area contributed by atoms with Gasteiger partial charge < -0.3 is 15.7 Å². The van der Waals surface area contributed by atoms with E-state index in [1.807, 2.05) is 47.8 Å². The monoisotopic (exact) mass is 318 g/mol. The first kappa shape index (κ1) is 16.0. The molecule has 2 amide bonds. The van der Waals surface area contributed by atoms with Crippen LogP contribution in [0.15, 0.2) is 47.8 Å². The summed E-state index contributed by atoms with van der Waals surface area (Å²) in [5, 5.41) is 16.0. The van der Waals surface area contributed by atoms with Gasteiger partial charge in [0.1, 0.15) is 0 Å². The van der Waals surface area contributed by atoms with E-state index in [1.165, 1.54) is 0 Å². The van der Waals surface area contributed by atoms with Crippen molar-refractivity contribution in [2.24, 2.45) is 0 Å². The van der Waals surface area contributed by atoms with Gasteiger partial charge in [-0.05, 0) is 23.4 Å². The number of nitrogens with one attached hydrogen (secondary N) is 2. The first-order valence-electron chi connectivity index (χ1n) is 6.98. The van der Waals surface area contributed by atoms with Gasteiger partial charge in [0.2, 0.25) is 0 Å². The molecule has 1 heterocycles. The van der Waals surface area contributed by atoms with Crippen LogP contribution in [0.1, 0.15) is 22.9 Å². The first-order valence-corrected chi connectivity index (χ1v) is 7.86. The van der Waals surface area contributed by atoms with Gasteiger partial charge in [-0.3, -0.25) is 4.79 Å². The Hall–Kier alpha value is -2.34. The van der Waals surface area contributed by atoms with Crippen LogP contribution in [0.2, 0.25) is 0 Å². The average Bonchev–Trinajstić information content (AvgIpc) is 3.01. The molecule has 0 aliphatic carbocycles. The van der Waals surface area contributed by atoms with Crippen LogP contribution in [0, 0.1) is 0 Å². The number of carboxylic acids is 1. The van der Waals surface area contributed by atoms with E-state index in [0.717, 1.165) is 10.4 Å². The predicted molar refractivity (Wildman–Crippen MR) is 86.0 cm³/mol. The highest BCUT2D eigenvalue weighted by molar-refractivity contribution is 7.10. The average molecular weight is 318 g/mol. The minimum absolute atomic E-state index is 0.0875. The van der Waals surface area contributed by atoms with Gasteiger partial charge in [-0.15, -0.1) is 11.3 Å². The Morgan fingerprint density at radius 1 is 1.14 bits per heavy atom. The van der Waals surface area contributed by atoms with Gasteiger partial charge >= 0.3 is 12.0 Å². The van der Waals surface area contributed by atoms with E-state index in [1.54, 1.807) is 11.3 Å². The molecule has 5 nitrogen and oxygen atoms in total. The molecule has 0 bridgehead atoms. The Bertz CT molecular complexity index is 599. The largest absolute Gasteiger partial charge is 0.481 e. The van der Waals surface area contributed by atoms with E-state index in [9.17, 15) is 9.59 Å². The molecule has 0 fully saturated rings. The van der Waals surface area contributed by atoms with Gasteiger partial charge in [0.25, 0.3) is 0 Å². The van der Waals surface area contributed by atoms with Gasteiger partial charge in [-0.1, -0.05) is 36.4 Å². The third-order valence-electron chi connectivity index (χ3n) is 3.10. The van der Waals surface area contributed by atoms with Crippen molar-refractivity contribution in [2.45, 2.75) is 18.9 Å². The maximum absolute atomic E-state index is 11.9. The van der Waals surface area contributed by atoms with Gasteiger partial charge in [0, 0.05) is 11.4 Å². The van der Waals surface area contributed by atoms with Crippen molar-refractivity contribution >= 4 is 23.3 Å². The molecule has 0 saturated heterocycles. The summed E-state index contributed by atoms with van der Waals surface area (Å²) in [6.45, 7) is 0.115. The minimum atomic E-state index is -0.931. The molecule has 3 N–H and O–H groups in total. The summed E-state index contributed by atoms with van der Waals surface area (Å²) in [6, 6.07) is 13.4. The van der Waals surface area contributed by atoms with E-state index in [4.69, 9.17) is 5.11 Å². The van der Waals surface area contributed by atoms with Crippen molar-refractivity contribution in [1.29, 1.82) is 0 Å². The number of carbonyl (C=O) groups is 2. The molecule has 2 rings (SSSR count). The van der Waals surface area contributed by atoms with Gasteiger partial charge in [-0.2, -0.15) is 0 Å². The zero-order chi connectivity index (χ0) is 15.8. The molecule has 0 aliphatic heterocycles. The number of thiophene rings is 1. The summed E-state index contributed by atoms with van der Waals surface area (Å²) >= 11 is 1.58. The lowest BCUT2D eigenvalue weighted by Gasteiger charge is -2.18. The summed E-state index contributed by atoms with van der Waals surface area (Å²) in [7, 11) is 0. The van der Waals surface area contributed by atoms with Crippen LogP contribution in [0.5, 0.6) is 0 Å². The van der Waals surface area contributed by atoms with Gasteiger partial charge in [0.15, 0.2) is 0 Å². The number of urea groups is 1. The Morgan fingerprint density at radius 3 is 2.55 bits per heavy atom. The number of rotatable bonds is 7. The zero-order valence-corrected chi connectivity index (χ0v) is 12.8. The van der Waals surface area contributed by atoms with Crippen molar-refractivity contribution in [3.8, 4) is 0 Å². The third-order valence-corrected chi connectivity index (χ3v) is 4.09. The Balaban J connectivity index is 1.96. The van der Waals surface area contributed by atoms with Crippen LogP contribution >= 0.6 is 11.3 Å². The number of hydrogen-bond donors (Lipinski definition) is 3. The minimum Gasteiger partial charge on any atom is -0.481 e. The second-order valence-corrected chi connectivity index (χ2v) is 5.78. The van der Waals surface area contributed by atoms with Gasteiger partial charge in [-0.25, -0.2) is 4.79 Å². The van der Waals surface area contributed by atoms with Crippen LogP contribution < -0.4 is 10.6 Å².